The third-order valence-electron chi connectivity index (χ3n) is 5.27. The Bertz CT molecular complexity index is 686. The summed E-state index contributed by atoms with van der Waals surface area (Å²) in [5.74, 6) is -0.253. The maximum Gasteiger partial charge on any atom is 0.231 e. The molecule has 0 bridgehead atoms. The second-order valence-electron chi connectivity index (χ2n) is 7.02. The Morgan fingerprint density at radius 3 is 2.48 bits per heavy atom. The van der Waals surface area contributed by atoms with Crippen molar-refractivity contribution < 1.29 is 9.53 Å². The van der Waals surface area contributed by atoms with Gasteiger partial charge in [-0.25, -0.2) is 0 Å². The van der Waals surface area contributed by atoms with Crippen molar-refractivity contribution in [3.63, 3.8) is 0 Å². The number of ether oxygens (including phenoxy) is 1. The van der Waals surface area contributed by atoms with Gasteiger partial charge in [0.2, 0.25) is 5.91 Å². The molecule has 0 spiro atoms. The van der Waals surface area contributed by atoms with Gasteiger partial charge in [-0.1, -0.05) is 23.9 Å². The number of rotatable bonds is 5. The van der Waals surface area contributed by atoms with Crippen LogP contribution in [-0.2, 0) is 9.53 Å². The van der Waals surface area contributed by atoms with E-state index < -0.39 is 0 Å². The lowest BCUT2D eigenvalue weighted by molar-refractivity contribution is -0.119. The highest BCUT2D eigenvalue weighted by Gasteiger charge is 2.31. The molecule has 27 heavy (non-hydrogen) atoms. The second-order valence-corrected chi connectivity index (χ2v) is 7.99. The van der Waals surface area contributed by atoms with Gasteiger partial charge in [0.25, 0.3) is 0 Å². The van der Waals surface area contributed by atoms with E-state index in [0.717, 1.165) is 52.5 Å². The molecule has 3 aliphatic rings. The molecule has 7 nitrogen and oxygen atoms in total. The molecule has 0 aromatic heterocycles. The SMILES string of the molecule is NC(=O)CN1CCN(c2ccccc2N2C=CSC2N2CCOCC2)CC1. The number of piperazine rings is 1. The maximum atomic E-state index is 11.2. The fourth-order valence-corrected chi connectivity index (χ4v) is 4.93. The van der Waals surface area contributed by atoms with Gasteiger partial charge >= 0.3 is 0 Å². The van der Waals surface area contributed by atoms with Gasteiger partial charge in [0.1, 0.15) is 5.50 Å². The zero-order valence-electron chi connectivity index (χ0n) is 15.5. The van der Waals surface area contributed by atoms with Crippen LogP contribution >= 0.6 is 11.8 Å². The summed E-state index contributed by atoms with van der Waals surface area (Å²) in [7, 11) is 0. The molecule has 2 fully saturated rings. The Morgan fingerprint density at radius 1 is 1.07 bits per heavy atom. The highest BCUT2D eigenvalue weighted by Crippen LogP contribution is 2.38. The lowest BCUT2D eigenvalue weighted by Gasteiger charge is -2.40. The summed E-state index contributed by atoms with van der Waals surface area (Å²) >= 11 is 1.85. The number of thioether (sulfide) groups is 1. The summed E-state index contributed by atoms with van der Waals surface area (Å²) in [6, 6.07) is 8.61. The van der Waals surface area contributed by atoms with E-state index in [0.29, 0.717) is 6.54 Å². The Morgan fingerprint density at radius 2 is 1.78 bits per heavy atom. The minimum Gasteiger partial charge on any atom is -0.379 e. The number of hydrogen-bond acceptors (Lipinski definition) is 7. The minimum atomic E-state index is -0.253. The van der Waals surface area contributed by atoms with Crippen LogP contribution in [0.25, 0.3) is 0 Å². The molecule has 0 aliphatic carbocycles. The van der Waals surface area contributed by atoms with Gasteiger partial charge in [0.05, 0.1) is 31.1 Å². The van der Waals surface area contributed by atoms with Crippen molar-refractivity contribution in [2.24, 2.45) is 5.73 Å². The molecule has 146 valence electrons. The van der Waals surface area contributed by atoms with Crippen LogP contribution in [0, 0.1) is 0 Å². The molecule has 4 rings (SSSR count). The average molecular weight is 390 g/mol. The largest absolute Gasteiger partial charge is 0.379 e. The molecule has 1 unspecified atom stereocenters. The Kier molecular flexibility index (Phi) is 5.87. The normalized spacial score (nSPS) is 24.5. The zero-order valence-corrected chi connectivity index (χ0v) is 16.3. The molecule has 1 aromatic rings. The van der Waals surface area contributed by atoms with Crippen molar-refractivity contribution in [1.82, 2.24) is 9.80 Å². The van der Waals surface area contributed by atoms with Crippen molar-refractivity contribution >= 4 is 29.0 Å². The lowest BCUT2D eigenvalue weighted by Crippen LogP contribution is -2.50. The average Bonchev–Trinajstić information content (AvgIpc) is 3.19. The minimum absolute atomic E-state index is 0.253. The third-order valence-corrected chi connectivity index (χ3v) is 6.32. The molecule has 2 saturated heterocycles. The van der Waals surface area contributed by atoms with E-state index in [9.17, 15) is 4.79 Å². The summed E-state index contributed by atoms with van der Waals surface area (Å²) in [6.45, 7) is 7.38. The number of carbonyl (C=O) groups excluding carboxylic acids is 1. The summed E-state index contributed by atoms with van der Waals surface area (Å²) in [5.41, 5.74) is 8.11. The first-order valence-electron chi connectivity index (χ1n) is 9.49. The van der Waals surface area contributed by atoms with E-state index in [1.54, 1.807) is 0 Å². The second kappa shape index (κ2) is 8.52. The zero-order chi connectivity index (χ0) is 18.6. The van der Waals surface area contributed by atoms with Gasteiger partial charge in [0, 0.05) is 45.5 Å². The lowest BCUT2D eigenvalue weighted by atomic mass is 10.2. The Hall–Kier alpha value is -1.74. The third kappa shape index (κ3) is 4.24. The molecular weight excluding hydrogens is 362 g/mol. The van der Waals surface area contributed by atoms with E-state index in [4.69, 9.17) is 10.5 Å². The first-order valence-corrected chi connectivity index (χ1v) is 10.4. The number of nitrogens with two attached hydrogens (primary N) is 1. The van der Waals surface area contributed by atoms with Crippen LogP contribution in [0.5, 0.6) is 0 Å². The van der Waals surface area contributed by atoms with Crippen LogP contribution in [0.4, 0.5) is 11.4 Å². The number of para-hydroxylation sites is 2. The van der Waals surface area contributed by atoms with Crippen molar-refractivity contribution in [3.05, 3.63) is 35.9 Å². The fraction of sp³-hybridized carbons (Fsp3) is 0.526. The standard InChI is InChI=1S/C19H27N5O2S/c20-18(25)15-21-5-7-22(8-6-21)16-3-1-2-4-17(16)24-11-14-27-19(24)23-9-12-26-13-10-23/h1-4,11,14,19H,5-10,12-13,15H2,(H2,20,25). The molecule has 2 N–H and O–H groups in total. The topological polar surface area (TPSA) is 65.3 Å². The van der Waals surface area contributed by atoms with Gasteiger partial charge in [-0.15, -0.1) is 0 Å². The molecule has 3 aliphatic heterocycles. The van der Waals surface area contributed by atoms with Crippen LogP contribution < -0.4 is 15.5 Å². The van der Waals surface area contributed by atoms with Gasteiger partial charge in [-0.05, 0) is 17.5 Å². The van der Waals surface area contributed by atoms with Crippen LogP contribution in [-0.4, -0.2) is 80.2 Å². The van der Waals surface area contributed by atoms with Crippen LogP contribution in [0.15, 0.2) is 35.9 Å². The highest BCUT2D eigenvalue weighted by atomic mass is 32.2. The molecule has 3 heterocycles. The highest BCUT2D eigenvalue weighted by molar-refractivity contribution is 8.03. The number of primary amides is 1. The molecule has 1 amide bonds. The molecule has 8 heteroatoms. The monoisotopic (exact) mass is 389 g/mol. The number of hydrogen-bond donors (Lipinski definition) is 1. The van der Waals surface area contributed by atoms with Crippen LogP contribution in [0.2, 0.25) is 0 Å². The number of morpholine rings is 1. The molecule has 1 atom stereocenters. The summed E-state index contributed by atoms with van der Waals surface area (Å²) in [4.78, 5) is 20.6. The van der Waals surface area contributed by atoms with E-state index in [2.05, 4.69) is 55.5 Å². The van der Waals surface area contributed by atoms with Gasteiger partial charge < -0.3 is 20.3 Å². The molecule has 1 aromatic carbocycles. The Labute approximate surface area is 164 Å². The van der Waals surface area contributed by atoms with E-state index in [1.165, 1.54) is 11.4 Å². The number of benzene rings is 1. The van der Waals surface area contributed by atoms with Crippen LogP contribution in [0.3, 0.4) is 0 Å². The summed E-state index contributed by atoms with van der Waals surface area (Å²) < 4.78 is 5.52. The predicted octanol–water partition coefficient (Wildman–Crippen LogP) is 0.934. The van der Waals surface area contributed by atoms with Crippen LogP contribution in [0.1, 0.15) is 0 Å². The number of nitrogens with zero attached hydrogens (tertiary/aromatic N) is 4. The maximum absolute atomic E-state index is 11.2. The van der Waals surface area contributed by atoms with Crippen molar-refractivity contribution in [1.29, 1.82) is 0 Å². The number of amides is 1. The summed E-state index contributed by atoms with van der Waals surface area (Å²) in [5, 5.41) is 2.18. The van der Waals surface area contributed by atoms with Crippen molar-refractivity contribution in [3.8, 4) is 0 Å². The van der Waals surface area contributed by atoms with Crippen molar-refractivity contribution in [2.45, 2.75) is 5.50 Å². The van der Waals surface area contributed by atoms with Gasteiger partial charge in [0.15, 0.2) is 0 Å². The fourth-order valence-electron chi connectivity index (χ4n) is 3.89. The first kappa shape index (κ1) is 18.6. The molecular formula is C19H27N5O2S. The van der Waals surface area contributed by atoms with Crippen molar-refractivity contribution in [2.75, 3.05) is 68.8 Å². The predicted molar refractivity (Wildman–Crippen MR) is 110 cm³/mol. The quantitative estimate of drug-likeness (QED) is 0.804. The first-order chi connectivity index (χ1) is 13.2. The van der Waals surface area contributed by atoms with E-state index in [1.807, 2.05) is 11.8 Å². The van der Waals surface area contributed by atoms with Gasteiger partial charge in [-0.2, -0.15) is 0 Å². The molecule has 0 saturated carbocycles. The smallest absolute Gasteiger partial charge is 0.231 e. The number of carbonyl (C=O) groups is 1. The number of anilines is 2. The Balaban J connectivity index is 1.49. The van der Waals surface area contributed by atoms with E-state index >= 15 is 0 Å². The van der Waals surface area contributed by atoms with E-state index in [-0.39, 0.29) is 11.4 Å². The molecule has 0 radical (unpaired) electrons. The van der Waals surface area contributed by atoms with Gasteiger partial charge in [-0.3, -0.25) is 14.6 Å². The summed E-state index contributed by atoms with van der Waals surface area (Å²) in [6.07, 6.45) is 2.19.